The van der Waals surface area contributed by atoms with Crippen LogP contribution in [0.25, 0.3) is 10.9 Å². The molecular formula is C18H19NO2. The zero-order valence-electron chi connectivity index (χ0n) is 12.3. The standard InChI is InChI=1S/C18H19NO2/c1-12-8-17-15(10-16(19-17)13(2)20)18(9-12)21-11-14-6-4-3-5-7-14/h3-10,13,19-20H,11H2,1-2H3. The van der Waals surface area contributed by atoms with E-state index in [4.69, 9.17) is 4.74 Å². The van der Waals surface area contributed by atoms with E-state index in [0.29, 0.717) is 6.61 Å². The summed E-state index contributed by atoms with van der Waals surface area (Å²) in [6, 6.07) is 16.2. The fourth-order valence-corrected chi connectivity index (χ4v) is 2.44. The monoisotopic (exact) mass is 281 g/mol. The number of fused-ring (bicyclic) bond motifs is 1. The number of aliphatic hydroxyl groups excluding tert-OH is 1. The molecular weight excluding hydrogens is 262 g/mol. The molecule has 1 unspecified atom stereocenters. The predicted octanol–water partition coefficient (Wildman–Crippen LogP) is 4.11. The Morgan fingerprint density at radius 3 is 2.62 bits per heavy atom. The van der Waals surface area contributed by atoms with E-state index in [1.807, 2.05) is 49.4 Å². The highest BCUT2D eigenvalue weighted by Gasteiger charge is 2.11. The van der Waals surface area contributed by atoms with E-state index in [1.165, 1.54) is 0 Å². The molecule has 0 bridgehead atoms. The first-order valence-electron chi connectivity index (χ1n) is 7.11. The average Bonchev–Trinajstić information content (AvgIpc) is 2.90. The van der Waals surface area contributed by atoms with Gasteiger partial charge in [0.1, 0.15) is 12.4 Å². The van der Waals surface area contributed by atoms with Crippen LogP contribution in [0.4, 0.5) is 0 Å². The molecule has 0 saturated carbocycles. The maximum absolute atomic E-state index is 9.72. The summed E-state index contributed by atoms with van der Waals surface area (Å²) in [7, 11) is 0. The first-order chi connectivity index (χ1) is 10.1. The van der Waals surface area contributed by atoms with Crippen molar-refractivity contribution in [3.63, 3.8) is 0 Å². The van der Waals surface area contributed by atoms with Crippen LogP contribution in [-0.2, 0) is 6.61 Å². The van der Waals surface area contributed by atoms with Crippen molar-refractivity contribution in [2.75, 3.05) is 0 Å². The Morgan fingerprint density at radius 1 is 1.14 bits per heavy atom. The number of hydrogen-bond acceptors (Lipinski definition) is 2. The molecule has 0 aliphatic rings. The number of aromatic nitrogens is 1. The van der Waals surface area contributed by atoms with Crippen LogP contribution in [0.15, 0.2) is 48.5 Å². The second-order valence-electron chi connectivity index (χ2n) is 5.40. The van der Waals surface area contributed by atoms with Gasteiger partial charge in [-0.2, -0.15) is 0 Å². The smallest absolute Gasteiger partial charge is 0.129 e. The Morgan fingerprint density at radius 2 is 1.90 bits per heavy atom. The first-order valence-corrected chi connectivity index (χ1v) is 7.11. The van der Waals surface area contributed by atoms with Crippen LogP contribution in [-0.4, -0.2) is 10.1 Å². The maximum atomic E-state index is 9.72. The molecule has 1 aromatic heterocycles. The van der Waals surface area contributed by atoms with Crippen LogP contribution >= 0.6 is 0 Å². The number of hydrogen-bond donors (Lipinski definition) is 2. The molecule has 0 aliphatic carbocycles. The molecule has 0 fully saturated rings. The highest BCUT2D eigenvalue weighted by Crippen LogP contribution is 2.30. The van der Waals surface area contributed by atoms with Crippen LogP contribution in [0, 0.1) is 6.92 Å². The molecule has 1 heterocycles. The number of aliphatic hydroxyl groups is 1. The summed E-state index contributed by atoms with van der Waals surface area (Å²) in [5.74, 6) is 0.844. The van der Waals surface area contributed by atoms with Crippen LogP contribution in [0.2, 0.25) is 0 Å². The average molecular weight is 281 g/mol. The number of nitrogens with one attached hydrogen (secondary N) is 1. The molecule has 0 saturated heterocycles. The molecule has 1 atom stereocenters. The molecule has 0 radical (unpaired) electrons. The van der Waals surface area contributed by atoms with E-state index in [-0.39, 0.29) is 0 Å². The minimum atomic E-state index is -0.514. The highest BCUT2D eigenvalue weighted by atomic mass is 16.5. The van der Waals surface area contributed by atoms with Gasteiger partial charge in [-0.05, 0) is 43.2 Å². The zero-order valence-corrected chi connectivity index (χ0v) is 12.3. The van der Waals surface area contributed by atoms with Gasteiger partial charge in [0, 0.05) is 16.6 Å². The van der Waals surface area contributed by atoms with Gasteiger partial charge in [-0.1, -0.05) is 30.3 Å². The Balaban J connectivity index is 1.93. The summed E-state index contributed by atoms with van der Waals surface area (Å²) in [6.07, 6.45) is -0.514. The Kier molecular flexibility index (Phi) is 3.67. The van der Waals surface area contributed by atoms with Gasteiger partial charge in [-0.3, -0.25) is 0 Å². The first kappa shape index (κ1) is 13.7. The largest absolute Gasteiger partial charge is 0.488 e. The quantitative estimate of drug-likeness (QED) is 0.756. The van der Waals surface area contributed by atoms with Gasteiger partial charge in [-0.15, -0.1) is 0 Å². The summed E-state index contributed by atoms with van der Waals surface area (Å²) in [5, 5.41) is 10.7. The summed E-state index contributed by atoms with van der Waals surface area (Å²) in [4.78, 5) is 3.24. The number of rotatable bonds is 4. The van der Waals surface area contributed by atoms with Gasteiger partial charge < -0.3 is 14.8 Å². The minimum absolute atomic E-state index is 0.514. The number of aromatic amines is 1. The number of benzene rings is 2. The number of H-pyrrole nitrogens is 1. The Bertz CT molecular complexity index is 745. The van der Waals surface area contributed by atoms with Gasteiger partial charge in [0.15, 0.2) is 0 Å². The topological polar surface area (TPSA) is 45.2 Å². The van der Waals surface area contributed by atoms with Crippen molar-refractivity contribution in [3.05, 3.63) is 65.4 Å². The third-order valence-electron chi connectivity index (χ3n) is 3.55. The van der Waals surface area contributed by atoms with Gasteiger partial charge in [0.25, 0.3) is 0 Å². The van der Waals surface area contributed by atoms with Crippen LogP contribution in [0.1, 0.15) is 29.8 Å². The Hall–Kier alpha value is -2.26. The van der Waals surface area contributed by atoms with Crippen molar-refractivity contribution < 1.29 is 9.84 Å². The van der Waals surface area contributed by atoms with Crippen molar-refractivity contribution in [2.45, 2.75) is 26.6 Å². The van der Waals surface area contributed by atoms with Crippen LogP contribution < -0.4 is 4.74 Å². The molecule has 3 rings (SSSR count). The van der Waals surface area contributed by atoms with Crippen molar-refractivity contribution in [2.24, 2.45) is 0 Å². The van der Waals surface area contributed by atoms with Gasteiger partial charge in [0.05, 0.1) is 6.10 Å². The predicted molar refractivity (Wildman–Crippen MR) is 84.4 cm³/mol. The minimum Gasteiger partial charge on any atom is -0.488 e. The highest BCUT2D eigenvalue weighted by molar-refractivity contribution is 5.87. The molecule has 3 nitrogen and oxygen atoms in total. The van der Waals surface area contributed by atoms with E-state index < -0.39 is 6.10 Å². The lowest BCUT2D eigenvalue weighted by atomic mass is 10.1. The fraction of sp³-hybridized carbons (Fsp3) is 0.222. The zero-order chi connectivity index (χ0) is 14.8. The van der Waals surface area contributed by atoms with Crippen molar-refractivity contribution in [1.82, 2.24) is 4.98 Å². The van der Waals surface area contributed by atoms with Crippen molar-refractivity contribution in [1.29, 1.82) is 0 Å². The summed E-state index contributed by atoms with van der Waals surface area (Å²) < 4.78 is 5.98. The third-order valence-corrected chi connectivity index (χ3v) is 3.55. The molecule has 0 amide bonds. The van der Waals surface area contributed by atoms with Gasteiger partial charge >= 0.3 is 0 Å². The normalized spacial score (nSPS) is 12.5. The Labute approximate surface area is 124 Å². The summed E-state index contributed by atoms with van der Waals surface area (Å²) in [6.45, 7) is 4.33. The molecule has 108 valence electrons. The molecule has 3 heteroatoms. The molecule has 0 aliphatic heterocycles. The molecule has 21 heavy (non-hydrogen) atoms. The molecule has 2 N–H and O–H groups in total. The lowest BCUT2D eigenvalue weighted by molar-refractivity contribution is 0.195. The maximum Gasteiger partial charge on any atom is 0.129 e. The van der Waals surface area contributed by atoms with E-state index in [2.05, 4.69) is 11.1 Å². The summed E-state index contributed by atoms with van der Waals surface area (Å²) >= 11 is 0. The van der Waals surface area contributed by atoms with Crippen molar-refractivity contribution >= 4 is 10.9 Å². The second-order valence-corrected chi connectivity index (χ2v) is 5.40. The van der Waals surface area contributed by atoms with E-state index in [1.54, 1.807) is 6.92 Å². The number of ether oxygens (including phenoxy) is 1. The third kappa shape index (κ3) is 2.93. The van der Waals surface area contributed by atoms with Crippen LogP contribution in [0.3, 0.4) is 0 Å². The second kappa shape index (κ2) is 5.62. The molecule has 0 spiro atoms. The van der Waals surface area contributed by atoms with Crippen LogP contribution in [0.5, 0.6) is 5.75 Å². The summed E-state index contributed by atoms with van der Waals surface area (Å²) in [5.41, 5.74) is 4.07. The van der Waals surface area contributed by atoms with Gasteiger partial charge in [0.2, 0.25) is 0 Å². The lowest BCUT2D eigenvalue weighted by Gasteiger charge is -2.08. The SMILES string of the molecule is Cc1cc(OCc2ccccc2)c2cc(C(C)O)[nH]c2c1. The van der Waals surface area contributed by atoms with E-state index in [0.717, 1.165) is 33.5 Å². The number of aryl methyl sites for hydroxylation is 1. The lowest BCUT2D eigenvalue weighted by Crippen LogP contribution is -1.95. The van der Waals surface area contributed by atoms with E-state index >= 15 is 0 Å². The van der Waals surface area contributed by atoms with Gasteiger partial charge in [-0.25, -0.2) is 0 Å². The molecule has 3 aromatic rings. The fourth-order valence-electron chi connectivity index (χ4n) is 2.44. The van der Waals surface area contributed by atoms with Crippen molar-refractivity contribution in [3.8, 4) is 5.75 Å². The molecule has 2 aromatic carbocycles. The van der Waals surface area contributed by atoms with E-state index in [9.17, 15) is 5.11 Å².